The zero-order valence-corrected chi connectivity index (χ0v) is 16.9. The summed E-state index contributed by atoms with van der Waals surface area (Å²) in [6.45, 7) is 5.01. The van der Waals surface area contributed by atoms with Crippen LogP contribution in [0.2, 0.25) is 0 Å². The molecule has 148 valence electrons. The summed E-state index contributed by atoms with van der Waals surface area (Å²) in [6.07, 6.45) is 2.11. The minimum Gasteiger partial charge on any atom is -0.342 e. The van der Waals surface area contributed by atoms with Crippen LogP contribution in [-0.2, 0) is 9.59 Å². The van der Waals surface area contributed by atoms with E-state index in [0.29, 0.717) is 12.5 Å². The summed E-state index contributed by atoms with van der Waals surface area (Å²) in [6, 6.07) is 6.34. The molecule has 0 aromatic heterocycles. The van der Waals surface area contributed by atoms with E-state index in [1.54, 1.807) is 28.8 Å². The fraction of sp³-hybridized carbons (Fsp3) is 0.600. The minimum atomic E-state index is -0.273. The third kappa shape index (κ3) is 5.23. The topological polar surface area (TPSA) is 43.9 Å². The summed E-state index contributed by atoms with van der Waals surface area (Å²) >= 11 is 1.69. The van der Waals surface area contributed by atoms with Crippen molar-refractivity contribution in [1.82, 2.24) is 14.7 Å². The number of hydrogen-bond donors (Lipinski definition) is 0. The SMILES string of the molecule is CC1CCN(C(=O)CN(C)CC(=O)N2CCS[C@H]2c2ccc(F)cc2)CC1. The van der Waals surface area contributed by atoms with Crippen LogP contribution in [0.5, 0.6) is 0 Å². The fourth-order valence-electron chi connectivity index (χ4n) is 3.60. The summed E-state index contributed by atoms with van der Waals surface area (Å²) < 4.78 is 13.2. The zero-order chi connectivity index (χ0) is 19.4. The van der Waals surface area contributed by atoms with Crippen molar-refractivity contribution in [1.29, 1.82) is 0 Å². The average molecular weight is 394 g/mol. The molecular formula is C20H28FN3O2S. The van der Waals surface area contributed by atoms with Gasteiger partial charge in [-0.05, 0) is 43.5 Å². The Labute approximate surface area is 164 Å². The van der Waals surface area contributed by atoms with Crippen molar-refractivity contribution in [3.05, 3.63) is 35.6 Å². The van der Waals surface area contributed by atoms with E-state index >= 15 is 0 Å². The van der Waals surface area contributed by atoms with Gasteiger partial charge in [-0.3, -0.25) is 14.5 Å². The first-order valence-corrected chi connectivity index (χ1v) is 10.6. The molecule has 2 aliphatic rings. The third-order valence-electron chi connectivity index (χ3n) is 5.31. The lowest BCUT2D eigenvalue weighted by molar-refractivity contribution is -0.136. The standard InChI is InChI=1S/C20H28FN3O2S/c1-15-7-9-23(10-8-15)18(25)13-22(2)14-19(26)24-11-12-27-20(24)16-3-5-17(21)6-4-16/h3-6,15,20H,7-14H2,1-2H3/t20-/m0/s1. The van der Waals surface area contributed by atoms with Crippen LogP contribution in [0.4, 0.5) is 4.39 Å². The van der Waals surface area contributed by atoms with Crippen LogP contribution >= 0.6 is 11.8 Å². The van der Waals surface area contributed by atoms with Crippen molar-refractivity contribution in [2.45, 2.75) is 25.1 Å². The van der Waals surface area contributed by atoms with Crippen LogP contribution in [0.15, 0.2) is 24.3 Å². The zero-order valence-electron chi connectivity index (χ0n) is 16.1. The maximum Gasteiger partial charge on any atom is 0.237 e. The van der Waals surface area contributed by atoms with Gasteiger partial charge in [0, 0.05) is 25.4 Å². The van der Waals surface area contributed by atoms with Gasteiger partial charge in [-0.2, -0.15) is 0 Å². The Kier molecular flexibility index (Phi) is 6.76. The lowest BCUT2D eigenvalue weighted by Gasteiger charge is -2.32. The molecule has 0 spiro atoms. The van der Waals surface area contributed by atoms with Gasteiger partial charge in [0.1, 0.15) is 11.2 Å². The summed E-state index contributed by atoms with van der Waals surface area (Å²) in [7, 11) is 1.82. The number of rotatable bonds is 5. The second-order valence-electron chi connectivity index (χ2n) is 7.60. The molecule has 2 saturated heterocycles. The molecule has 1 atom stereocenters. The Morgan fingerprint density at radius 2 is 1.74 bits per heavy atom. The molecule has 5 nitrogen and oxygen atoms in total. The first-order chi connectivity index (χ1) is 12.9. The van der Waals surface area contributed by atoms with Gasteiger partial charge in [0.25, 0.3) is 0 Å². The number of nitrogens with zero attached hydrogens (tertiary/aromatic N) is 3. The summed E-state index contributed by atoms with van der Waals surface area (Å²) in [4.78, 5) is 30.8. The van der Waals surface area contributed by atoms with Crippen molar-refractivity contribution >= 4 is 23.6 Å². The molecule has 0 unspecified atom stereocenters. The van der Waals surface area contributed by atoms with E-state index in [1.807, 2.05) is 16.8 Å². The number of thioether (sulfide) groups is 1. The second kappa shape index (κ2) is 9.06. The van der Waals surface area contributed by atoms with Gasteiger partial charge >= 0.3 is 0 Å². The van der Waals surface area contributed by atoms with Crippen molar-refractivity contribution in [3.63, 3.8) is 0 Å². The number of amides is 2. The number of carbonyl (C=O) groups excluding carboxylic acids is 2. The molecule has 3 rings (SSSR count). The lowest BCUT2D eigenvalue weighted by atomic mass is 9.99. The van der Waals surface area contributed by atoms with Crippen LogP contribution in [0.1, 0.15) is 30.7 Å². The summed E-state index contributed by atoms with van der Waals surface area (Å²) in [5.74, 6) is 1.39. The normalized spacial score (nSPS) is 21.1. The molecule has 0 bridgehead atoms. The summed E-state index contributed by atoms with van der Waals surface area (Å²) in [5, 5.41) is -0.0780. The van der Waals surface area contributed by atoms with Gasteiger partial charge in [0.2, 0.25) is 11.8 Å². The molecular weight excluding hydrogens is 365 g/mol. The van der Waals surface area contributed by atoms with Crippen molar-refractivity contribution < 1.29 is 14.0 Å². The highest BCUT2D eigenvalue weighted by atomic mass is 32.2. The molecule has 27 heavy (non-hydrogen) atoms. The highest BCUT2D eigenvalue weighted by Gasteiger charge is 2.31. The number of likely N-dealkylation sites (tertiary alicyclic amines) is 1. The number of carbonyl (C=O) groups is 2. The Morgan fingerprint density at radius 3 is 2.41 bits per heavy atom. The largest absolute Gasteiger partial charge is 0.342 e. The Morgan fingerprint density at radius 1 is 1.11 bits per heavy atom. The summed E-state index contributed by atoms with van der Waals surface area (Å²) in [5.41, 5.74) is 0.938. The Balaban J connectivity index is 1.52. The fourth-order valence-corrected chi connectivity index (χ4v) is 4.87. The van der Waals surface area contributed by atoms with Crippen molar-refractivity contribution in [2.75, 3.05) is 45.5 Å². The quantitative estimate of drug-likeness (QED) is 0.771. The third-order valence-corrected chi connectivity index (χ3v) is 6.57. The van der Waals surface area contributed by atoms with Crippen LogP contribution in [0.3, 0.4) is 0 Å². The minimum absolute atomic E-state index is 0.0110. The van der Waals surface area contributed by atoms with Gasteiger partial charge in [-0.15, -0.1) is 11.8 Å². The maximum atomic E-state index is 13.2. The predicted molar refractivity (Wildman–Crippen MR) is 106 cm³/mol. The molecule has 0 radical (unpaired) electrons. The van der Waals surface area contributed by atoms with E-state index in [2.05, 4.69) is 6.92 Å². The molecule has 0 N–H and O–H groups in total. The van der Waals surface area contributed by atoms with Crippen molar-refractivity contribution in [3.8, 4) is 0 Å². The number of piperidine rings is 1. The molecule has 2 aliphatic heterocycles. The van der Waals surface area contributed by atoms with Gasteiger partial charge in [0.15, 0.2) is 0 Å². The van der Waals surface area contributed by atoms with E-state index in [0.717, 1.165) is 37.2 Å². The Hall–Kier alpha value is -1.60. The molecule has 7 heteroatoms. The molecule has 2 amide bonds. The smallest absolute Gasteiger partial charge is 0.237 e. The second-order valence-corrected chi connectivity index (χ2v) is 8.79. The van der Waals surface area contributed by atoms with Gasteiger partial charge < -0.3 is 9.80 Å². The molecule has 0 aliphatic carbocycles. The number of benzene rings is 1. The van der Waals surface area contributed by atoms with E-state index in [9.17, 15) is 14.0 Å². The number of likely N-dealkylation sites (N-methyl/N-ethyl adjacent to an activating group) is 1. The van der Waals surface area contributed by atoms with E-state index in [1.165, 1.54) is 12.1 Å². The number of hydrogen-bond acceptors (Lipinski definition) is 4. The number of halogens is 1. The van der Waals surface area contributed by atoms with Crippen LogP contribution in [0, 0.1) is 11.7 Å². The van der Waals surface area contributed by atoms with E-state index < -0.39 is 0 Å². The van der Waals surface area contributed by atoms with Crippen molar-refractivity contribution in [2.24, 2.45) is 5.92 Å². The first kappa shape index (κ1) is 20.1. The lowest BCUT2D eigenvalue weighted by Crippen LogP contribution is -2.45. The maximum absolute atomic E-state index is 13.2. The Bertz CT molecular complexity index is 662. The first-order valence-electron chi connectivity index (χ1n) is 9.57. The molecule has 0 saturated carbocycles. The monoisotopic (exact) mass is 393 g/mol. The molecule has 1 aromatic rings. The van der Waals surface area contributed by atoms with Crippen LogP contribution in [0.25, 0.3) is 0 Å². The average Bonchev–Trinajstić information content (AvgIpc) is 3.12. The van der Waals surface area contributed by atoms with Crippen LogP contribution < -0.4 is 0 Å². The predicted octanol–water partition coefficient (Wildman–Crippen LogP) is 2.59. The molecule has 2 heterocycles. The van der Waals surface area contributed by atoms with Gasteiger partial charge in [0.05, 0.1) is 13.1 Å². The van der Waals surface area contributed by atoms with E-state index in [-0.39, 0.29) is 36.1 Å². The van der Waals surface area contributed by atoms with E-state index in [4.69, 9.17) is 0 Å². The molecule has 2 fully saturated rings. The highest BCUT2D eigenvalue weighted by molar-refractivity contribution is 7.99. The highest BCUT2D eigenvalue weighted by Crippen LogP contribution is 2.37. The van der Waals surface area contributed by atoms with Gasteiger partial charge in [-0.25, -0.2) is 4.39 Å². The van der Waals surface area contributed by atoms with Gasteiger partial charge in [-0.1, -0.05) is 19.1 Å². The van der Waals surface area contributed by atoms with Crippen LogP contribution in [-0.4, -0.2) is 72.0 Å². The molecule has 1 aromatic carbocycles.